The highest BCUT2D eigenvalue weighted by Gasteiger charge is 2.39. The first-order valence-electron chi connectivity index (χ1n) is 8.41. The van der Waals surface area contributed by atoms with Gasteiger partial charge in [-0.25, -0.2) is 22.8 Å². The summed E-state index contributed by atoms with van der Waals surface area (Å²) in [5.74, 6) is -0.820. The molecule has 152 valence electrons. The van der Waals surface area contributed by atoms with Gasteiger partial charge in [0.2, 0.25) is 15.9 Å². The van der Waals surface area contributed by atoms with E-state index in [1.165, 1.54) is 23.1 Å². The molecule has 1 aromatic carbocycles. The number of hydrogen-bond acceptors (Lipinski definition) is 6. The third-order valence-electron chi connectivity index (χ3n) is 4.57. The first-order chi connectivity index (χ1) is 13.2. The lowest BCUT2D eigenvalue weighted by Crippen LogP contribution is -2.50. The van der Waals surface area contributed by atoms with Gasteiger partial charge in [0.1, 0.15) is 4.90 Å². The number of likely N-dealkylation sites (tertiary alicyclic amines) is 1. The Labute approximate surface area is 171 Å². The topological polar surface area (TPSA) is 113 Å². The molecule has 3 rings (SSSR count). The van der Waals surface area contributed by atoms with Gasteiger partial charge in [-0.15, -0.1) is 0 Å². The van der Waals surface area contributed by atoms with E-state index in [4.69, 9.17) is 27.9 Å². The van der Waals surface area contributed by atoms with E-state index in [0.717, 1.165) is 4.90 Å². The fourth-order valence-corrected chi connectivity index (χ4v) is 5.28. The summed E-state index contributed by atoms with van der Waals surface area (Å²) in [4.78, 5) is 37.9. The van der Waals surface area contributed by atoms with Crippen LogP contribution in [0.2, 0.25) is 10.0 Å². The second-order valence-electron chi connectivity index (χ2n) is 6.31. The Bertz CT molecular complexity index is 879. The number of piperidine rings is 1. The fraction of sp³-hybridized carbons (Fsp3) is 0.438. The van der Waals surface area contributed by atoms with Crippen molar-refractivity contribution in [3.8, 4) is 0 Å². The molecule has 0 saturated carbocycles. The van der Waals surface area contributed by atoms with Crippen molar-refractivity contribution in [2.75, 3.05) is 26.2 Å². The van der Waals surface area contributed by atoms with Crippen LogP contribution in [0.25, 0.3) is 0 Å². The Kier molecular flexibility index (Phi) is 6.13. The number of nitrogens with one attached hydrogen (secondary N) is 1. The van der Waals surface area contributed by atoms with E-state index in [1.54, 1.807) is 0 Å². The maximum absolute atomic E-state index is 12.4. The number of carbonyl (C=O) groups excluding carboxylic acids is 3. The number of cyclic esters (lactones) is 1. The van der Waals surface area contributed by atoms with E-state index in [-0.39, 0.29) is 46.6 Å². The Morgan fingerprint density at radius 1 is 1.18 bits per heavy atom. The molecular formula is C16H17Cl2N3O6S. The van der Waals surface area contributed by atoms with Crippen LogP contribution in [0.15, 0.2) is 23.1 Å². The van der Waals surface area contributed by atoms with Gasteiger partial charge in [-0.05, 0) is 25.0 Å². The summed E-state index contributed by atoms with van der Waals surface area (Å²) < 4.78 is 31.7. The van der Waals surface area contributed by atoms with Crippen LogP contribution in [0.5, 0.6) is 0 Å². The molecule has 0 spiro atoms. The number of sulfonamides is 1. The van der Waals surface area contributed by atoms with Crippen molar-refractivity contribution < 1.29 is 27.5 Å². The Morgan fingerprint density at radius 3 is 2.32 bits per heavy atom. The molecule has 0 atom stereocenters. The molecule has 2 fully saturated rings. The van der Waals surface area contributed by atoms with Crippen LogP contribution >= 0.6 is 23.2 Å². The Balaban J connectivity index is 1.56. The summed E-state index contributed by atoms with van der Waals surface area (Å²) in [5.41, 5.74) is 0. The predicted octanol–water partition coefficient (Wildman–Crippen LogP) is 1.24. The van der Waals surface area contributed by atoms with E-state index in [1.807, 2.05) is 0 Å². The van der Waals surface area contributed by atoms with Crippen molar-refractivity contribution in [2.24, 2.45) is 0 Å². The number of amides is 3. The second kappa shape index (κ2) is 8.24. The van der Waals surface area contributed by atoms with Crippen molar-refractivity contribution in [1.29, 1.82) is 0 Å². The van der Waals surface area contributed by atoms with Gasteiger partial charge < -0.3 is 9.64 Å². The number of nitrogens with zero attached hydrogens (tertiary/aromatic N) is 2. The molecule has 28 heavy (non-hydrogen) atoms. The molecular weight excluding hydrogens is 433 g/mol. The molecule has 12 heteroatoms. The maximum atomic E-state index is 12.4. The number of halogens is 2. The van der Waals surface area contributed by atoms with Crippen molar-refractivity contribution >= 4 is 51.1 Å². The first kappa shape index (κ1) is 20.8. The van der Waals surface area contributed by atoms with Crippen molar-refractivity contribution in [2.45, 2.75) is 23.8 Å². The molecule has 0 bridgehead atoms. The third-order valence-corrected chi connectivity index (χ3v) is 6.92. The van der Waals surface area contributed by atoms with Gasteiger partial charge in [-0.2, -0.15) is 0 Å². The summed E-state index contributed by atoms with van der Waals surface area (Å²) in [5, 5.41) is -0.0918. The SMILES string of the molecule is O=C(CNS(=O)(=O)c1c(Cl)cccc1Cl)N1CCC(N2C(=O)COC2=O)CC1. The third kappa shape index (κ3) is 4.24. The van der Waals surface area contributed by atoms with Gasteiger partial charge >= 0.3 is 6.09 Å². The summed E-state index contributed by atoms with van der Waals surface area (Å²) >= 11 is 11.8. The molecule has 9 nitrogen and oxygen atoms in total. The van der Waals surface area contributed by atoms with Crippen LogP contribution in [-0.4, -0.2) is 68.4 Å². The van der Waals surface area contributed by atoms with E-state index in [2.05, 4.69) is 4.72 Å². The molecule has 2 heterocycles. The monoisotopic (exact) mass is 449 g/mol. The minimum Gasteiger partial charge on any atom is -0.439 e. The number of ether oxygens (including phenoxy) is 1. The van der Waals surface area contributed by atoms with E-state index in [0.29, 0.717) is 12.8 Å². The summed E-state index contributed by atoms with van der Waals surface area (Å²) in [6, 6.07) is 3.96. The highest BCUT2D eigenvalue weighted by molar-refractivity contribution is 7.89. The van der Waals surface area contributed by atoms with Crippen LogP contribution in [0.3, 0.4) is 0 Å². The molecule has 3 amide bonds. The lowest BCUT2D eigenvalue weighted by atomic mass is 10.0. The van der Waals surface area contributed by atoms with Gasteiger partial charge in [-0.1, -0.05) is 29.3 Å². The van der Waals surface area contributed by atoms with Gasteiger partial charge in [0.25, 0.3) is 5.91 Å². The summed E-state index contributed by atoms with van der Waals surface area (Å²) in [7, 11) is -4.07. The van der Waals surface area contributed by atoms with Crippen molar-refractivity contribution in [3.63, 3.8) is 0 Å². The lowest BCUT2D eigenvalue weighted by molar-refractivity contribution is -0.132. The van der Waals surface area contributed by atoms with E-state index < -0.39 is 28.6 Å². The highest BCUT2D eigenvalue weighted by Crippen LogP contribution is 2.28. The zero-order valence-electron chi connectivity index (χ0n) is 14.6. The van der Waals surface area contributed by atoms with Crippen LogP contribution in [0.1, 0.15) is 12.8 Å². The number of hydrogen-bond donors (Lipinski definition) is 1. The average molecular weight is 450 g/mol. The molecule has 0 aliphatic carbocycles. The average Bonchev–Trinajstić information content (AvgIpc) is 2.98. The largest absolute Gasteiger partial charge is 0.439 e. The van der Waals surface area contributed by atoms with Crippen molar-refractivity contribution in [1.82, 2.24) is 14.5 Å². The molecule has 0 unspecified atom stereocenters. The van der Waals surface area contributed by atoms with Crippen LogP contribution < -0.4 is 4.72 Å². The van der Waals surface area contributed by atoms with E-state index in [9.17, 15) is 22.8 Å². The standard InChI is InChI=1S/C16H17Cl2N3O6S/c17-11-2-1-3-12(18)15(11)28(25,26)19-8-13(22)20-6-4-10(5-7-20)21-14(23)9-27-16(21)24/h1-3,10,19H,4-9H2. The van der Waals surface area contributed by atoms with E-state index >= 15 is 0 Å². The minimum absolute atomic E-state index is 0.0459. The molecule has 1 aromatic rings. The molecule has 1 N–H and O–H groups in total. The quantitative estimate of drug-likeness (QED) is 0.723. The second-order valence-corrected chi connectivity index (χ2v) is 8.82. The van der Waals surface area contributed by atoms with Gasteiger partial charge in [0, 0.05) is 19.1 Å². The zero-order chi connectivity index (χ0) is 20.5. The number of imide groups is 1. The van der Waals surface area contributed by atoms with Gasteiger partial charge in [0.05, 0.1) is 16.6 Å². The predicted molar refractivity (Wildman–Crippen MR) is 99.4 cm³/mol. The zero-order valence-corrected chi connectivity index (χ0v) is 16.9. The number of rotatable bonds is 5. The van der Waals surface area contributed by atoms with Crippen LogP contribution in [-0.2, 0) is 24.3 Å². The maximum Gasteiger partial charge on any atom is 0.417 e. The molecule has 0 aromatic heterocycles. The van der Waals surface area contributed by atoms with Crippen LogP contribution in [0, 0.1) is 0 Å². The molecule has 2 saturated heterocycles. The highest BCUT2D eigenvalue weighted by atomic mass is 35.5. The summed E-state index contributed by atoms with van der Waals surface area (Å²) in [6.07, 6.45) is 0.130. The van der Waals surface area contributed by atoms with Gasteiger partial charge in [-0.3, -0.25) is 9.59 Å². The minimum atomic E-state index is -4.07. The normalized spacial score (nSPS) is 18.5. The number of carbonyl (C=O) groups is 3. The smallest absolute Gasteiger partial charge is 0.417 e. The first-order valence-corrected chi connectivity index (χ1v) is 10.6. The Morgan fingerprint density at radius 2 is 1.79 bits per heavy atom. The molecule has 2 aliphatic rings. The van der Waals surface area contributed by atoms with Crippen LogP contribution in [0.4, 0.5) is 4.79 Å². The summed E-state index contributed by atoms with van der Waals surface area (Å²) in [6.45, 7) is -0.145. The van der Waals surface area contributed by atoms with Crippen molar-refractivity contribution in [3.05, 3.63) is 28.2 Å². The lowest BCUT2D eigenvalue weighted by Gasteiger charge is -2.34. The number of benzene rings is 1. The molecule has 0 radical (unpaired) electrons. The van der Waals surface area contributed by atoms with Gasteiger partial charge in [0.15, 0.2) is 6.61 Å². The molecule has 2 aliphatic heterocycles. The Hall–Kier alpha value is -1.88. The fourth-order valence-electron chi connectivity index (χ4n) is 3.17.